The van der Waals surface area contributed by atoms with Gasteiger partial charge in [0, 0.05) is 13.5 Å². The first-order chi connectivity index (χ1) is 10.2. The van der Waals surface area contributed by atoms with Gasteiger partial charge in [0.1, 0.15) is 6.04 Å². The molecule has 5 heteroatoms. The molecule has 0 saturated carbocycles. The quantitative estimate of drug-likeness (QED) is 0.801. The minimum absolute atomic E-state index is 0. The molecule has 0 spiro atoms. The van der Waals surface area contributed by atoms with E-state index in [0.717, 1.165) is 16.9 Å². The fourth-order valence-electron chi connectivity index (χ4n) is 2.69. The maximum absolute atomic E-state index is 12.4. The van der Waals surface area contributed by atoms with Crippen LogP contribution in [0.5, 0.6) is 0 Å². The van der Waals surface area contributed by atoms with Crippen LogP contribution in [0, 0.1) is 0 Å². The third-order valence-electron chi connectivity index (χ3n) is 3.64. The Morgan fingerprint density at radius 2 is 1.90 bits per heavy atom. The first-order valence-electron chi connectivity index (χ1n) is 7.40. The number of amides is 3. The molecule has 0 aliphatic carbocycles. The molecule has 0 aromatic heterocycles. The van der Waals surface area contributed by atoms with Gasteiger partial charge in [0.2, 0.25) is 11.8 Å². The van der Waals surface area contributed by atoms with E-state index in [1.54, 1.807) is 18.2 Å². The van der Waals surface area contributed by atoms with Crippen LogP contribution in [0.25, 0.3) is 0 Å². The van der Waals surface area contributed by atoms with E-state index >= 15 is 0 Å². The van der Waals surface area contributed by atoms with Gasteiger partial charge in [-0.15, -0.1) is 0 Å². The molecule has 0 bridgehead atoms. The summed E-state index contributed by atoms with van der Waals surface area (Å²) in [6.07, 6.45) is 1.52. The van der Waals surface area contributed by atoms with Crippen molar-refractivity contribution in [1.29, 1.82) is 0 Å². The highest BCUT2D eigenvalue weighted by Gasteiger charge is 2.39. The van der Waals surface area contributed by atoms with Gasteiger partial charge in [-0.25, -0.2) is 0 Å². The lowest BCUT2D eigenvalue weighted by atomic mass is 9.95. The third-order valence-corrected chi connectivity index (χ3v) is 3.64. The van der Waals surface area contributed by atoms with Crippen LogP contribution in [-0.4, -0.2) is 35.2 Å². The minimum atomic E-state index is -0.651. The zero-order chi connectivity index (χ0) is 15.4. The average molecular weight is 290 g/mol. The van der Waals surface area contributed by atoms with E-state index in [2.05, 4.69) is 5.32 Å². The van der Waals surface area contributed by atoms with Crippen LogP contribution >= 0.6 is 0 Å². The summed E-state index contributed by atoms with van der Waals surface area (Å²) in [6.45, 7) is 4.61. The first-order valence-corrected chi connectivity index (χ1v) is 7.40. The summed E-state index contributed by atoms with van der Waals surface area (Å²) in [5, 5.41) is 2.71. The Bertz CT molecular complexity index is 574. The molecule has 1 unspecified atom stereocenters. The van der Waals surface area contributed by atoms with E-state index in [1.807, 2.05) is 19.9 Å². The largest absolute Gasteiger partial charge is 0.354 e. The van der Waals surface area contributed by atoms with E-state index in [0.29, 0.717) is 18.5 Å². The van der Waals surface area contributed by atoms with Gasteiger partial charge < -0.3 is 5.32 Å². The van der Waals surface area contributed by atoms with E-state index in [4.69, 9.17) is 0 Å². The van der Waals surface area contributed by atoms with Crippen LogP contribution < -0.4 is 5.32 Å². The van der Waals surface area contributed by atoms with Crippen molar-refractivity contribution >= 4 is 17.7 Å². The predicted molar refractivity (Wildman–Crippen MR) is 80.8 cm³/mol. The van der Waals surface area contributed by atoms with Crippen LogP contribution in [0.3, 0.4) is 0 Å². The predicted octanol–water partition coefficient (Wildman–Crippen LogP) is 1.76. The molecule has 1 fully saturated rings. The number of fused-ring (bicyclic) bond motifs is 1. The van der Waals surface area contributed by atoms with Crippen LogP contribution in [0.1, 0.15) is 44.0 Å². The van der Waals surface area contributed by atoms with Crippen molar-refractivity contribution < 1.29 is 15.8 Å². The number of carbonyl (C=O) groups is 3. The Hall–Kier alpha value is -2.17. The molecule has 114 valence electrons. The third kappa shape index (κ3) is 2.82. The van der Waals surface area contributed by atoms with Gasteiger partial charge in [-0.1, -0.05) is 32.0 Å². The Balaban J connectivity index is 0.000000775. The summed E-state index contributed by atoms with van der Waals surface area (Å²) in [6, 6.07) is 6.41. The van der Waals surface area contributed by atoms with Crippen LogP contribution in [0.15, 0.2) is 24.3 Å². The van der Waals surface area contributed by atoms with Crippen molar-refractivity contribution in [1.82, 2.24) is 10.2 Å². The zero-order valence-corrected chi connectivity index (χ0v) is 12.4. The SMILES string of the molecule is CC.O=C1NCCCC1N1C(=O)Cc2ccccc2C1=O.[HH]. The van der Waals surface area contributed by atoms with Gasteiger partial charge in [-0.3, -0.25) is 19.3 Å². The summed E-state index contributed by atoms with van der Waals surface area (Å²) >= 11 is 0. The fourth-order valence-corrected chi connectivity index (χ4v) is 2.69. The number of hydrogen-bond donors (Lipinski definition) is 1. The topological polar surface area (TPSA) is 66.5 Å². The average Bonchev–Trinajstić information content (AvgIpc) is 2.51. The van der Waals surface area contributed by atoms with Gasteiger partial charge in [0.25, 0.3) is 5.91 Å². The summed E-state index contributed by atoms with van der Waals surface area (Å²) < 4.78 is 0. The minimum Gasteiger partial charge on any atom is -0.354 e. The molecule has 2 aliphatic heterocycles. The number of nitrogens with one attached hydrogen (secondary N) is 1. The molecule has 1 aromatic carbocycles. The fraction of sp³-hybridized carbons (Fsp3) is 0.438. The second-order valence-corrected chi connectivity index (χ2v) is 4.85. The number of carbonyl (C=O) groups excluding carboxylic acids is 3. The van der Waals surface area contributed by atoms with Crippen LogP contribution in [0.4, 0.5) is 0 Å². The second-order valence-electron chi connectivity index (χ2n) is 4.85. The van der Waals surface area contributed by atoms with E-state index in [1.165, 1.54) is 0 Å². The Morgan fingerprint density at radius 3 is 2.62 bits per heavy atom. The Kier molecular flexibility index (Phi) is 4.73. The lowest BCUT2D eigenvalue weighted by molar-refractivity contribution is -0.138. The van der Waals surface area contributed by atoms with Crippen LogP contribution in [-0.2, 0) is 16.0 Å². The number of nitrogens with zero attached hydrogens (tertiary/aromatic N) is 1. The molecule has 3 amide bonds. The standard InChI is InChI=1S/C14H14N2O3.C2H6.H2/c17-12-8-9-4-1-2-5-10(9)14(19)16(12)11-6-3-7-15-13(11)18;1-2;/h1-2,4-5,11H,3,6-8H2,(H,15,18);1-2H3;1H. The van der Waals surface area contributed by atoms with Crippen molar-refractivity contribution in [3.05, 3.63) is 35.4 Å². The lowest BCUT2D eigenvalue weighted by Crippen LogP contribution is -2.56. The normalized spacial score (nSPS) is 21.1. The van der Waals surface area contributed by atoms with Crippen molar-refractivity contribution in [2.45, 2.75) is 39.2 Å². The van der Waals surface area contributed by atoms with Gasteiger partial charge in [0.15, 0.2) is 0 Å². The number of rotatable bonds is 1. The molecule has 2 heterocycles. The highest BCUT2D eigenvalue weighted by molar-refractivity contribution is 6.12. The van der Waals surface area contributed by atoms with Crippen molar-refractivity contribution in [2.24, 2.45) is 0 Å². The Labute approximate surface area is 125 Å². The summed E-state index contributed by atoms with van der Waals surface area (Å²) in [7, 11) is 0. The van der Waals surface area contributed by atoms with E-state index in [9.17, 15) is 14.4 Å². The number of imide groups is 1. The maximum Gasteiger partial charge on any atom is 0.261 e. The first kappa shape index (κ1) is 15.2. The molecule has 5 nitrogen and oxygen atoms in total. The maximum atomic E-state index is 12.4. The highest BCUT2D eigenvalue weighted by Crippen LogP contribution is 2.24. The van der Waals surface area contributed by atoms with Crippen molar-refractivity contribution in [3.8, 4) is 0 Å². The number of hydrogen-bond acceptors (Lipinski definition) is 3. The van der Waals surface area contributed by atoms with Crippen LogP contribution in [0.2, 0.25) is 0 Å². The summed E-state index contributed by atoms with van der Waals surface area (Å²) in [5.41, 5.74) is 1.27. The monoisotopic (exact) mass is 290 g/mol. The van der Waals surface area contributed by atoms with Crippen molar-refractivity contribution in [2.75, 3.05) is 6.54 Å². The smallest absolute Gasteiger partial charge is 0.261 e. The highest BCUT2D eigenvalue weighted by atomic mass is 16.2. The molecule has 3 rings (SSSR count). The lowest BCUT2D eigenvalue weighted by Gasteiger charge is -2.34. The molecule has 1 atom stereocenters. The molecule has 0 radical (unpaired) electrons. The molecule has 1 aromatic rings. The Morgan fingerprint density at radius 1 is 1.19 bits per heavy atom. The van der Waals surface area contributed by atoms with Gasteiger partial charge in [0.05, 0.1) is 6.42 Å². The van der Waals surface area contributed by atoms with Gasteiger partial charge in [-0.2, -0.15) is 0 Å². The molecule has 1 N–H and O–H groups in total. The molecular formula is C16H22N2O3. The molecule has 1 saturated heterocycles. The molecular weight excluding hydrogens is 268 g/mol. The molecule has 2 aliphatic rings. The second kappa shape index (κ2) is 6.52. The van der Waals surface area contributed by atoms with E-state index in [-0.39, 0.29) is 25.6 Å². The van der Waals surface area contributed by atoms with E-state index < -0.39 is 6.04 Å². The zero-order valence-electron chi connectivity index (χ0n) is 12.4. The van der Waals surface area contributed by atoms with Gasteiger partial charge in [-0.05, 0) is 24.5 Å². The summed E-state index contributed by atoms with van der Waals surface area (Å²) in [5.74, 6) is -0.869. The number of piperidine rings is 1. The van der Waals surface area contributed by atoms with Crippen molar-refractivity contribution in [3.63, 3.8) is 0 Å². The van der Waals surface area contributed by atoms with Gasteiger partial charge >= 0.3 is 0 Å². The number of benzene rings is 1. The summed E-state index contributed by atoms with van der Waals surface area (Å²) in [4.78, 5) is 37.5. The molecule has 21 heavy (non-hydrogen) atoms.